The lowest BCUT2D eigenvalue weighted by Crippen LogP contribution is -2.36. The number of sulfonamides is 1. The first-order valence-corrected chi connectivity index (χ1v) is 8.48. The molecule has 2 N–H and O–H groups in total. The molecule has 24 heavy (non-hydrogen) atoms. The van der Waals surface area contributed by atoms with Crippen LogP contribution in [0.4, 0.5) is 10.7 Å². The molecule has 0 saturated heterocycles. The molecule has 0 aliphatic rings. The summed E-state index contributed by atoms with van der Waals surface area (Å²) in [6.45, 7) is 1.52. The van der Waals surface area contributed by atoms with E-state index in [1.165, 1.54) is 19.4 Å². The van der Waals surface area contributed by atoms with Crippen LogP contribution in [0.3, 0.4) is 0 Å². The highest BCUT2D eigenvalue weighted by Gasteiger charge is 2.23. The topological polar surface area (TPSA) is 163 Å². The number of ether oxygens (including phenoxy) is 1. The minimum absolute atomic E-state index is 0.0715. The van der Waals surface area contributed by atoms with Crippen molar-refractivity contribution in [1.82, 2.24) is 19.7 Å². The zero-order valence-electron chi connectivity index (χ0n) is 12.3. The van der Waals surface area contributed by atoms with Crippen molar-refractivity contribution in [2.24, 2.45) is 0 Å². The van der Waals surface area contributed by atoms with Gasteiger partial charge in [0.1, 0.15) is 10.7 Å². The summed E-state index contributed by atoms with van der Waals surface area (Å²) in [4.78, 5) is 32.9. The molecule has 128 valence electrons. The number of carbonyl (C=O) groups is 2. The highest BCUT2D eigenvalue weighted by atomic mass is 32.2. The van der Waals surface area contributed by atoms with E-state index in [-0.39, 0.29) is 17.8 Å². The fraction of sp³-hybridized carbons (Fsp3) is 0.182. The molecule has 2 aromatic heterocycles. The van der Waals surface area contributed by atoms with Crippen LogP contribution in [0.25, 0.3) is 0 Å². The van der Waals surface area contributed by atoms with Gasteiger partial charge in [0.25, 0.3) is 10.0 Å². The number of anilines is 1. The van der Waals surface area contributed by atoms with Gasteiger partial charge in [-0.25, -0.2) is 17.9 Å². The third-order valence-corrected chi connectivity index (χ3v) is 4.86. The second-order valence-electron chi connectivity index (χ2n) is 4.15. The molecule has 13 heteroatoms. The Bertz CT molecular complexity index is 894. The van der Waals surface area contributed by atoms with Crippen molar-refractivity contribution in [3.8, 4) is 6.01 Å². The highest BCUT2D eigenvalue weighted by Crippen LogP contribution is 2.21. The minimum atomic E-state index is -4.41. The quantitative estimate of drug-likeness (QED) is 0.678. The van der Waals surface area contributed by atoms with Crippen molar-refractivity contribution < 1.29 is 27.9 Å². The predicted octanol–water partition coefficient (Wildman–Crippen LogP) is -0.876. The van der Waals surface area contributed by atoms with E-state index in [2.05, 4.69) is 20.3 Å². The van der Waals surface area contributed by atoms with Crippen LogP contribution in [-0.2, 0) is 10.0 Å². The summed E-state index contributed by atoms with van der Waals surface area (Å²) in [6, 6.07) is -0.211. The Morgan fingerprint density at radius 3 is 2.62 bits per heavy atom. The van der Waals surface area contributed by atoms with Gasteiger partial charge in [0.05, 0.1) is 18.0 Å². The van der Waals surface area contributed by atoms with Gasteiger partial charge in [0.2, 0.25) is 5.95 Å². The number of thiophene rings is 1. The number of hydrogen-bond acceptors (Lipinski definition) is 10. The second-order valence-corrected chi connectivity index (χ2v) is 6.72. The first kappa shape index (κ1) is 17.6. The van der Waals surface area contributed by atoms with Crippen molar-refractivity contribution >= 4 is 39.3 Å². The molecule has 0 aliphatic carbocycles. The summed E-state index contributed by atoms with van der Waals surface area (Å²) in [5, 5.41) is 14.2. The third-order valence-electron chi connectivity index (χ3n) is 2.47. The average Bonchev–Trinajstić information content (AvgIpc) is 2.96. The van der Waals surface area contributed by atoms with Crippen molar-refractivity contribution in [3.05, 3.63) is 22.1 Å². The molecule has 2 heterocycles. The van der Waals surface area contributed by atoms with E-state index in [1.807, 2.05) is 0 Å². The van der Waals surface area contributed by atoms with E-state index >= 15 is 0 Å². The average molecular weight is 372 g/mol. The van der Waals surface area contributed by atoms with E-state index in [1.54, 1.807) is 4.72 Å². The largest absolute Gasteiger partial charge is 0.544 e. The van der Waals surface area contributed by atoms with Crippen molar-refractivity contribution in [2.45, 2.75) is 11.8 Å². The smallest absolute Gasteiger partial charge is 0.335 e. The second kappa shape index (κ2) is 6.76. The molecule has 0 saturated carbocycles. The Hall–Kier alpha value is -2.80. The Morgan fingerprint density at radius 1 is 1.29 bits per heavy atom. The van der Waals surface area contributed by atoms with Crippen LogP contribution in [0.2, 0.25) is 0 Å². The number of nitrogens with zero attached hydrogens (tertiary/aromatic N) is 3. The number of aromatic nitrogens is 3. The zero-order valence-corrected chi connectivity index (χ0v) is 13.9. The van der Waals surface area contributed by atoms with Gasteiger partial charge in [-0.05, 0) is 18.4 Å². The highest BCUT2D eigenvalue weighted by molar-refractivity contribution is 7.90. The monoisotopic (exact) mass is 372 g/mol. The first-order valence-electron chi connectivity index (χ1n) is 6.12. The Morgan fingerprint density at radius 2 is 2.00 bits per heavy atom. The number of aromatic carboxylic acids is 1. The molecule has 2 amide bonds. The van der Waals surface area contributed by atoms with E-state index in [0.717, 1.165) is 6.07 Å². The SMILES string of the molecule is COc1nc(C)nc(NC(=O)NS(=O)(=O)c2ccsc2C(=O)[O-])n1. The van der Waals surface area contributed by atoms with Crippen LogP contribution in [0.15, 0.2) is 16.3 Å². The molecule has 0 fully saturated rings. The maximum absolute atomic E-state index is 12.1. The first-order chi connectivity index (χ1) is 11.2. The van der Waals surface area contributed by atoms with Crippen LogP contribution in [0.1, 0.15) is 15.5 Å². The van der Waals surface area contributed by atoms with Gasteiger partial charge in [-0.2, -0.15) is 15.0 Å². The van der Waals surface area contributed by atoms with Crippen LogP contribution >= 0.6 is 11.3 Å². The normalized spacial score (nSPS) is 10.9. The summed E-state index contributed by atoms with van der Waals surface area (Å²) in [7, 11) is -3.11. The minimum Gasteiger partial charge on any atom is -0.544 e. The Balaban J connectivity index is 2.18. The van der Waals surface area contributed by atoms with E-state index in [0.29, 0.717) is 11.3 Å². The molecule has 0 atom stereocenters. The Labute approximate surface area is 139 Å². The summed E-state index contributed by atoms with van der Waals surface area (Å²) in [5.74, 6) is -1.67. The number of urea groups is 1. The zero-order chi connectivity index (χ0) is 17.9. The molecule has 0 radical (unpaired) electrons. The van der Waals surface area contributed by atoms with E-state index < -0.39 is 31.8 Å². The van der Waals surface area contributed by atoms with Gasteiger partial charge in [-0.3, -0.25) is 5.32 Å². The lowest BCUT2D eigenvalue weighted by Gasteiger charge is -2.09. The van der Waals surface area contributed by atoms with Crippen molar-refractivity contribution in [1.29, 1.82) is 0 Å². The number of carboxylic acid groups (broad SMARTS) is 1. The van der Waals surface area contributed by atoms with Gasteiger partial charge < -0.3 is 14.6 Å². The van der Waals surface area contributed by atoms with Gasteiger partial charge in [-0.15, -0.1) is 11.3 Å². The Kier molecular flexibility index (Phi) is 4.94. The third kappa shape index (κ3) is 3.94. The summed E-state index contributed by atoms with van der Waals surface area (Å²) in [6.07, 6.45) is 0. The maximum Gasteiger partial charge on any atom is 0.335 e. The van der Waals surface area contributed by atoms with E-state index in [4.69, 9.17) is 4.74 Å². The number of carbonyl (C=O) groups excluding carboxylic acids is 2. The van der Waals surface area contributed by atoms with Gasteiger partial charge in [0.15, 0.2) is 0 Å². The molecule has 0 spiro atoms. The lowest BCUT2D eigenvalue weighted by molar-refractivity contribution is -0.254. The fourth-order valence-corrected chi connectivity index (χ4v) is 3.73. The number of nitrogens with one attached hydrogen (secondary N) is 2. The molecule has 0 bridgehead atoms. The van der Waals surface area contributed by atoms with Crippen molar-refractivity contribution in [2.75, 3.05) is 12.4 Å². The van der Waals surface area contributed by atoms with E-state index in [9.17, 15) is 23.1 Å². The number of carboxylic acids is 1. The lowest BCUT2D eigenvalue weighted by atomic mass is 10.5. The van der Waals surface area contributed by atoms with Crippen molar-refractivity contribution in [3.63, 3.8) is 0 Å². The molecular formula is C11H10N5O6S2-. The van der Waals surface area contributed by atoms with Crippen LogP contribution < -0.4 is 19.9 Å². The molecule has 0 aromatic carbocycles. The van der Waals surface area contributed by atoms with Gasteiger partial charge >= 0.3 is 12.0 Å². The number of rotatable bonds is 5. The van der Waals surface area contributed by atoms with Gasteiger partial charge in [0, 0.05) is 0 Å². The molecule has 11 nitrogen and oxygen atoms in total. The van der Waals surface area contributed by atoms with Crippen LogP contribution in [-0.4, -0.2) is 42.5 Å². The standard InChI is InChI=1S/C11H11N5O6S2/c1-5-12-9(15-11(13-5)22-2)14-10(19)16-24(20,21)6-3-4-23-7(6)8(17)18/h3-4H,1-2H3,(H,17,18)(H2,12,13,14,15,16,19)/p-1. The summed E-state index contributed by atoms with van der Waals surface area (Å²) >= 11 is 0.660. The summed E-state index contributed by atoms with van der Waals surface area (Å²) in [5.41, 5.74) is 0. The molecule has 2 rings (SSSR count). The summed E-state index contributed by atoms with van der Waals surface area (Å²) < 4.78 is 30.6. The molecule has 2 aromatic rings. The number of amides is 2. The van der Waals surface area contributed by atoms with Gasteiger partial charge in [-0.1, -0.05) is 0 Å². The number of methoxy groups -OCH3 is 1. The molecule has 0 aliphatic heterocycles. The maximum atomic E-state index is 12.1. The molecular weight excluding hydrogens is 362 g/mol. The predicted molar refractivity (Wildman–Crippen MR) is 79.1 cm³/mol. The van der Waals surface area contributed by atoms with Crippen LogP contribution in [0, 0.1) is 6.92 Å². The number of aryl methyl sites for hydroxylation is 1. The molecule has 0 unspecified atom stereocenters. The van der Waals surface area contributed by atoms with Crippen LogP contribution in [0.5, 0.6) is 6.01 Å². The fourth-order valence-electron chi connectivity index (χ4n) is 1.57. The number of hydrogen-bond donors (Lipinski definition) is 2.